The molecular formula is C40H25NOSe. The third-order valence-electron chi connectivity index (χ3n) is 8.46. The molecule has 0 N–H and O–H groups in total. The average Bonchev–Trinajstić information content (AvgIpc) is 3.64. The van der Waals surface area contributed by atoms with E-state index in [1.54, 1.807) is 0 Å². The molecule has 0 saturated heterocycles. The molecular weight excluding hydrogens is 589 g/mol. The standard InChI is InChI=1S/C40H25NOSe/c1-2-8-26(9-3-1)27-14-17-29(18-15-27)41(31-19-22-34-33-12-6-7-13-37(33)42-38(34)25-31)30-20-23-39-36(24-30)35-21-16-28-10-4-5-11-32(28)40(35)43-39/h1-25H. The number of nitrogens with zero attached hydrogens (tertiary/aromatic N) is 1. The van der Waals surface area contributed by atoms with Crippen molar-refractivity contribution in [2.45, 2.75) is 0 Å². The summed E-state index contributed by atoms with van der Waals surface area (Å²) < 4.78 is 9.26. The molecule has 0 fully saturated rings. The Morgan fingerprint density at radius 3 is 1.95 bits per heavy atom. The van der Waals surface area contributed by atoms with E-state index < -0.39 is 0 Å². The summed E-state index contributed by atoms with van der Waals surface area (Å²) in [6, 6.07) is 54.6. The van der Waals surface area contributed by atoms with Crippen molar-refractivity contribution in [3.05, 3.63) is 152 Å². The van der Waals surface area contributed by atoms with Crippen LogP contribution in [0.3, 0.4) is 0 Å². The molecule has 2 aromatic heterocycles. The van der Waals surface area contributed by atoms with Crippen LogP contribution in [0.4, 0.5) is 17.1 Å². The van der Waals surface area contributed by atoms with Crippen molar-refractivity contribution in [1.29, 1.82) is 0 Å². The van der Waals surface area contributed by atoms with Crippen LogP contribution in [0, 0.1) is 0 Å². The van der Waals surface area contributed by atoms with Gasteiger partial charge in [-0.25, -0.2) is 0 Å². The Morgan fingerprint density at radius 1 is 0.419 bits per heavy atom. The molecule has 43 heavy (non-hydrogen) atoms. The van der Waals surface area contributed by atoms with E-state index in [0.717, 1.165) is 39.0 Å². The van der Waals surface area contributed by atoms with Gasteiger partial charge in [-0.1, -0.05) is 6.07 Å². The fourth-order valence-corrected chi connectivity index (χ4v) is 8.92. The van der Waals surface area contributed by atoms with Crippen LogP contribution in [0.15, 0.2) is 156 Å². The molecule has 0 spiro atoms. The van der Waals surface area contributed by atoms with Crippen LogP contribution in [0.1, 0.15) is 0 Å². The number of benzene rings is 7. The maximum atomic E-state index is 6.33. The minimum atomic E-state index is 0.277. The molecule has 9 aromatic rings. The second-order valence-electron chi connectivity index (χ2n) is 11.0. The van der Waals surface area contributed by atoms with Gasteiger partial charge in [0.1, 0.15) is 0 Å². The molecule has 0 amide bonds. The van der Waals surface area contributed by atoms with Gasteiger partial charge in [0.2, 0.25) is 0 Å². The first-order valence-corrected chi connectivity index (χ1v) is 16.2. The van der Waals surface area contributed by atoms with Crippen molar-refractivity contribution in [3.8, 4) is 11.1 Å². The Morgan fingerprint density at radius 2 is 1.07 bits per heavy atom. The zero-order valence-electron chi connectivity index (χ0n) is 23.2. The van der Waals surface area contributed by atoms with E-state index in [4.69, 9.17) is 4.42 Å². The van der Waals surface area contributed by atoms with Gasteiger partial charge in [0.25, 0.3) is 0 Å². The Labute approximate surface area is 254 Å². The molecule has 2 heterocycles. The van der Waals surface area contributed by atoms with Gasteiger partial charge in [0.15, 0.2) is 0 Å². The third-order valence-corrected chi connectivity index (χ3v) is 11.0. The second-order valence-corrected chi connectivity index (χ2v) is 13.2. The van der Waals surface area contributed by atoms with Gasteiger partial charge in [-0.2, -0.15) is 0 Å². The summed E-state index contributed by atoms with van der Waals surface area (Å²) >= 11 is 0.277. The predicted octanol–water partition coefficient (Wildman–Crippen LogP) is 11.2. The normalized spacial score (nSPS) is 11.7. The SMILES string of the molecule is c1ccc(-c2ccc(N(c3ccc4c(c3)oc3ccccc34)c3ccc4[se]c5c6ccccc6ccc5c4c3)cc2)cc1. The van der Waals surface area contributed by atoms with Crippen LogP contribution in [-0.4, -0.2) is 14.5 Å². The summed E-state index contributed by atoms with van der Waals surface area (Å²) in [6.07, 6.45) is 0. The summed E-state index contributed by atoms with van der Waals surface area (Å²) in [4.78, 5) is 2.35. The molecule has 0 aliphatic heterocycles. The van der Waals surface area contributed by atoms with Crippen molar-refractivity contribution in [2.24, 2.45) is 0 Å². The molecule has 0 bridgehead atoms. The number of para-hydroxylation sites is 1. The van der Waals surface area contributed by atoms with E-state index in [-0.39, 0.29) is 14.5 Å². The van der Waals surface area contributed by atoms with E-state index in [2.05, 4.69) is 144 Å². The van der Waals surface area contributed by atoms with Crippen molar-refractivity contribution in [3.63, 3.8) is 0 Å². The van der Waals surface area contributed by atoms with Gasteiger partial charge in [-0.15, -0.1) is 0 Å². The Hall–Kier alpha value is -5.08. The molecule has 0 saturated carbocycles. The summed E-state index contributed by atoms with van der Waals surface area (Å²) in [7, 11) is 0. The molecule has 202 valence electrons. The molecule has 9 rings (SSSR count). The number of furan rings is 1. The van der Waals surface area contributed by atoms with Crippen LogP contribution in [0.5, 0.6) is 0 Å². The minimum absolute atomic E-state index is 0.277. The van der Waals surface area contributed by atoms with Gasteiger partial charge in [-0.05, 0) is 0 Å². The van der Waals surface area contributed by atoms with E-state index >= 15 is 0 Å². The fourth-order valence-electron chi connectivity index (χ4n) is 6.37. The number of hydrogen-bond acceptors (Lipinski definition) is 2. The van der Waals surface area contributed by atoms with Crippen LogP contribution in [0.25, 0.3) is 63.1 Å². The molecule has 0 unspecified atom stereocenters. The molecule has 7 aromatic carbocycles. The predicted molar refractivity (Wildman–Crippen MR) is 183 cm³/mol. The summed E-state index contributed by atoms with van der Waals surface area (Å²) in [6.45, 7) is 0. The van der Waals surface area contributed by atoms with Crippen LogP contribution >= 0.6 is 0 Å². The summed E-state index contributed by atoms with van der Waals surface area (Å²) in [5.41, 5.74) is 7.54. The van der Waals surface area contributed by atoms with Gasteiger partial charge < -0.3 is 0 Å². The topological polar surface area (TPSA) is 16.4 Å². The molecule has 3 heteroatoms. The first-order chi connectivity index (χ1) is 21.3. The van der Waals surface area contributed by atoms with E-state index in [0.29, 0.717) is 0 Å². The van der Waals surface area contributed by atoms with Crippen molar-refractivity contribution in [2.75, 3.05) is 4.90 Å². The average molecular weight is 615 g/mol. The summed E-state index contributed by atoms with van der Waals surface area (Å²) in [5, 5.41) is 7.68. The monoisotopic (exact) mass is 615 g/mol. The molecule has 2 nitrogen and oxygen atoms in total. The van der Waals surface area contributed by atoms with Gasteiger partial charge in [-0.3, -0.25) is 0 Å². The maximum absolute atomic E-state index is 6.33. The van der Waals surface area contributed by atoms with Crippen LogP contribution in [0.2, 0.25) is 0 Å². The van der Waals surface area contributed by atoms with E-state index in [9.17, 15) is 0 Å². The summed E-state index contributed by atoms with van der Waals surface area (Å²) in [5.74, 6) is 0. The Bertz CT molecular complexity index is 2450. The van der Waals surface area contributed by atoms with Gasteiger partial charge >= 0.3 is 250 Å². The van der Waals surface area contributed by atoms with Crippen LogP contribution in [-0.2, 0) is 0 Å². The Kier molecular flexibility index (Phi) is 5.55. The zero-order valence-corrected chi connectivity index (χ0v) is 24.9. The number of rotatable bonds is 4. The molecule has 0 aliphatic carbocycles. The zero-order chi connectivity index (χ0) is 28.3. The van der Waals surface area contributed by atoms with E-state index in [1.807, 2.05) is 12.1 Å². The molecule has 0 atom stereocenters. The molecule has 0 aliphatic rings. The number of anilines is 3. The van der Waals surface area contributed by atoms with Crippen molar-refractivity contribution >= 4 is 83.6 Å². The molecule has 0 radical (unpaired) electrons. The van der Waals surface area contributed by atoms with Gasteiger partial charge in [0.05, 0.1) is 0 Å². The quantitative estimate of drug-likeness (QED) is 0.183. The number of hydrogen-bond donors (Lipinski definition) is 0. The number of fused-ring (bicyclic) bond motifs is 8. The van der Waals surface area contributed by atoms with Gasteiger partial charge in [0, 0.05) is 0 Å². The Balaban J connectivity index is 1.24. The third kappa shape index (κ3) is 4.01. The van der Waals surface area contributed by atoms with Crippen LogP contribution < -0.4 is 4.90 Å². The van der Waals surface area contributed by atoms with E-state index in [1.165, 1.54) is 41.2 Å². The fraction of sp³-hybridized carbons (Fsp3) is 0. The first-order valence-electron chi connectivity index (χ1n) is 14.5. The van der Waals surface area contributed by atoms with Crippen molar-refractivity contribution < 1.29 is 4.42 Å². The second kappa shape index (κ2) is 9.74. The first kappa shape index (κ1) is 24.5. The van der Waals surface area contributed by atoms with Crippen molar-refractivity contribution in [1.82, 2.24) is 0 Å².